The van der Waals surface area contributed by atoms with Crippen molar-refractivity contribution in [3.05, 3.63) is 11.1 Å². The highest BCUT2D eigenvalue weighted by Gasteiger charge is 2.50. The maximum atomic E-state index is 12.9. The average Bonchev–Trinajstić information content (AvgIpc) is 2.90. The second-order valence-electron chi connectivity index (χ2n) is 8.31. The summed E-state index contributed by atoms with van der Waals surface area (Å²) in [5.74, 6) is -0.442. The van der Waals surface area contributed by atoms with Gasteiger partial charge in [0.25, 0.3) is 5.91 Å². The summed E-state index contributed by atoms with van der Waals surface area (Å²) < 4.78 is 5.74. The van der Waals surface area contributed by atoms with E-state index >= 15 is 0 Å². The van der Waals surface area contributed by atoms with Gasteiger partial charge in [-0.15, -0.1) is 0 Å². The lowest BCUT2D eigenvalue weighted by Crippen LogP contribution is -2.48. The van der Waals surface area contributed by atoms with Crippen LogP contribution >= 0.6 is 0 Å². The third-order valence-electron chi connectivity index (χ3n) is 6.61. The van der Waals surface area contributed by atoms with E-state index in [2.05, 4.69) is 29.0 Å². The molecule has 3 aliphatic heterocycles. The lowest BCUT2D eigenvalue weighted by molar-refractivity contribution is -0.150. The summed E-state index contributed by atoms with van der Waals surface area (Å²) in [6, 6.07) is 0.646. The molecule has 152 valence electrons. The van der Waals surface area contributed by atoms with E-state index in [-0.39, 0.29) is 11.9 Å². The minimum Gasteiger partial charge on any atom is -0.450 e. The summed E-state index contributed by atoms with van der Waals surface area (Å²) in [5.41, 5.74) is 0.356. The van der Waals surface area contributed by atoms with Crippen molar-refractivity contribution in [2.75, 3.05) is 39.3 Å². The minimum atomic E-state index is -0.710. The topological polar surface area (TPSA) is 61.9 Å². The second-order valence-corrected chi connectivity index (χ2v) is 8.31. The molecule has 6 heteroatoms. The standard InChI is InChI=1S/C21H35N3O3/c1-4-23-14-9-21(10-15-23)18(17(3)20(26)27-21)19(25)22-11-7-13-24-12-6-5-8-16(24)2/h16H,4-15H2,1-3H3,(H,22,25)/t16-/m0/s1. The van der Waals surface area contributed by atoms with E-state index in [9.17, 15) is 9.59 Å². The number of nitrogens with one attached hydrogen (secondary N) is 1. The van der Waals surface area contributed by atoms with Crippen molar-refractivity contribution >= 4 is 11.9 Å². The number of piperidine rings is 2. The first-order chi connectivity index (χ1) is 13.0. The molecule has 3 rings (SSSR count). The molecule has 6 nitrogen and oxygen atoms in total. The summed E-state index contributed by atoms with van der Waals surface area (Å²) in [6.45, 7) is 11.7. The van der Waals surface area contributed by atoms with Crippen LogP contribution in [0.1, 0.15) is 59.3 Å². The monoisotopic (exact) mass is 377 g/mol. The second kappa shape index (κ2) is 8.74. The van der Waals surface area contributed by atoms with Gasteiger partial charge in [0.2, 0.25) is 0 Å². The Kier molecular flexibility index (Phi) is 6.58. The molecule has 0 aliphatic carbocycles. The SMILES string of the molecule is CCN1CCC2(CC1)OC(=O)C(C)=C2C(=O)NCCCN1CCCC[C@@H]1C. The molecule has 0 aromatic carbocycles. The van der Waals surface area contributed by atoms with Crippen molar-refractivity contribution in [2.45, 2.75) is 70.9 Å². The Morgan fingerprint density at radius 3 is 2.67 bits per heavy atom. The van der Waals surface area contributed by atoms with Gasteiger partial charge in [0.15, 0.2) is 0 Å². The molecule has 1 N–H and O–H groups in total. The average molecular weight is 378 g/mol. The van der Waals surface area contributed by atoms with Crippen LogP contribution in [-0.4, -0.2) is 72.6 Å². The van der Waals surface area contributed by atoms with Crippen LogP contribution in [0.5, 0.6) is 0 Å². The van der Waals surface area contributed by atoms with Gasteiger partial charge in [-0.05, 0) is 46.2 Å². The van der Waals surface area contributed by atoms with Gasteiger partial charge in [-0.1, -0.05) is 13.3 Å². The molecular formula is C21H35N3O3. The van der Waals surface area contributed by atoms with E-state index in [0.29, 0.717) is 36.6 Å². The fraction of sp³-hybridized carbons (Fsp3) is 0.810. The molecule has 0 bridgehead atoms. The van der Waals surface area contributed by atoms with Crippen molar-refractivity contribution in [2.24, 2.45) is 0 Å². The number of ether oxygens (including phenoxy) is 1. The number of amides is 1. The highest BCUT2D eigenvalue weighted by Crippen LogP contribution is 2.40. The van der Waals surface area contributed by atoms with E-state index in [1.54, 1.807) is 6.92 Å². The molecule has 0 aromatic rings. The molecule has 3 aliphatic rings. The molecule has 1 amide bonds. The Morgan fingerprint density at radius 1 is 1.26 bits per heavy atom. The third-order valence-corrected chi connectivity index (χ3v) is 6.61. The Labute approximate surface area is 163 Å². The van der Waals surface area contributed by atoms with Gasteiger partial charge < -0.3 is 19.9 Å². The quantitative estimate of drug-likeness (QED) is 0.567. The lowest BCUT2D eigenvalue weighted by atomic mass is 9.82. The first kappa shape index (κ1) is 20.3. The summed E-state index contributed by atoms with van der Waals surface area (Å²) in [4.78, 5) is 30.0. The lowest BCUT2D eigenvalue weighted by Gasteiger charge is -2.39. The fourth-order valence-corrected chi connectivity index (χ4v) is 4.77. The minimum absolute atomic E-state index is 0.116. The number of carbonyl (C=O) groups excluding carboxylic acids is 2. The highest BCUT2D eigenvalue weighted by molar-refractivity contribution is 6.07. The Hall–Kier alpha value is -1.40. The first-order valence-corrected chi connectivity index (χ1v) is 10.7. The van der Waals surface area contributed by atoms with E-state index in [4.69, 9.17) is 4.74 Å². The molecule has 2 saturated heterocycles. The largest absolute Gasteiger partial charge is 0.450 e. The number of nitrogens with zero attached hydrogens (tertiary/aromatic N) is 2. The summed E-state index contributed by atoms with van der Waals surface area (Å²) in [6.07, 6.45) is 6.23. The number of esters is 1. The van der Waals surface area contributed by atoms with Gasteiger partial charge in [0, 0.05) is 50.6 Å². The summed E-state index contributed by atoms with van der Waals surface area (Å²) in [5, 5.41) is 3.06. The Morgan fingerprint density at radius 2 is 2.00 bits per heavy atom. The number of rotatable bonds is 6. The van der Waals surface area contributed by atoms with Crippen molar-refractivity contribution in [1.29, 1.82) is 0 Å². The molecule has 1 spiro atoms. The van der Waals surface area contributed by atoms with Crippen LogP contribution in [0.4, 0.5) is 0 Å². The molecule has 0 saturated carbocycles. The van der Waals surface area contributed by atoms with Crippen molar-refractivity contribution in [1.82, 2.24) is 15.1 Å². The van der Waals surface area contributed by atoms with Gasteiger partial charge in [-0.3, -0.25) is 4.79 Å². The maximum Gasteiger partial charge on any atom is 0.335 e. The Balaban J connectivity index is 1.55. The van der Waals surface area contributed by atoms with E-state index in [1.807, 2.05) is 0 Å². The van der Waals surface area contributed by atoms with E-state index < -0.39 is 5.60 Å². The number of carbonyl (C=O) groups is 2. The summed E-state index contributed by atoms with van der Waals surface area (Å²) in [7, 11) is 0. The molecule has 2 fully saturated rings. The van der Waals surface area contributed by atoms with E-state index in [1.165, 1.54) is 25.8 Å². The van der Waals surface area contributed by atoms with Crippen molar-refractivity contribution < 1.29 is 14.3 Å². The van der Waals surface area contributed by atoms with Crippen LogP contribution in [0, 0.1) is 0 Å². The van der Waals surface area contributed by atoms with Crippen molar-refractivity contribution in [3.8, 4) is 0 Å². The van der Waals surface area contributed by atoms with Crippen molar-refractivity contribution in [3.63, 3.8) is 0 Å². The number of hydrogen-bond acceptors (Lipinski definition) is 5. The predicted molar refractivity (Wildman–Crippen MR) is 105 cm³/mol. The third kappa shape index (κ3) is 4.37. The molecule has 3 heterocycles. The zero-order valence-corrected chi connectivity index (χ0v) is 17.2. The van der Waals surface area contributed by atoms with Crippen LogP contribution in [0.2, 0.25) is 0 Å². The molecule has 0 radical (unpaired) electrons. The smallest absolute Gasteiger partial charge is 0.335 e. The molecule has 1 atom stereocenters. The normalized spacial score (nSPS) is 26.5. The molecule has 27 heavy (non-hydrogen) atoms. The maximum absolute atomic E-state index is 12.9. The zero-order valence-electron chi connectivity index (χ0n) is 17.2. The fourth-order valence-electron chi connectivity index (χ4n) is 4.77. The van der Waals surface area contributed by atoms with Gasteiger partial charge >= 0.3 is 5.97 Å². The van der Waals surface area contributed by atoms with Crippen LogP contribution in [-0.2, 0) is 14.3 Å². The Bertz CT molecular complexity index is 593. The summed E-state index contributed by atoms with van der Waals surface area (Å²) >= 11 is 0. The van der Waals surface area contributed by atoms with E-state index in [0.717, 1.165) is 32.6 Å². The van der Waals surface area contributed by atoms with Crippen LogP contribution in [0.25, 0.3) is 0 Å². The zero-order chi connectivity index (χ0) is 19.4. The van der Waals surface area contributed by atoms with Gasteiger partial charge in [-0.2, -0.15) is 0 Å². The first-order valence-electron chi connectivity index (χ1n) is 10.7. The molecular weight excluding hydrogens is 342 g/mol. The molecule has 0 aromatic heterocycles. The predicted octanol–water partition coefficient (Wildman–Crippen LogP) is 2.09. The van der Waals surface area contributed by atoms with Gasteiger partial charge in [0.1, 0.15) is 5.60 Å². The number of likely N-dealkylation sites (tertiary alicyclic amines) is 2. The molecule has 0 unspecified atom stereocenters. The van der Waals surface area contributed by atoms with Crippen LogP contribution < -0.4 is 5.32 Å². The number of hydrogen-bond donors (Lipinski definition) is 1. The van der Waals surface area contributed by atoms with Crippen LogP contribution in [0.15, 0.2) is 11.1 Å². The van der Waals surface area contributed by atoms with Gasteiger partial charge in [0.05, 0.1) is 5.57 Å². The van der Waals surface area contributed by atoms with Gasteiger partial charge in [-0.25, -0.2) is 4.79 Å². The van der Waals surface area contributed by atoms with Crippen LogP contribution in [0.3, 0.4) is 0 Å². The highest BCUT2D eigenvalue weighted by atomic mass is 16.6.